The van der Waals surface area contributed by atoms with Crippen LogP contribution in [0.15, 0.2) is 17.5 Å². The van der Waals surface area contributed by atoms with Gasteiger partial charge in [-0.25, -0.2) is 0 Å². The molecule has 0 bridgehead atoms. The van der Waals surface area contributed by atoms with Crippen molar-refractivity contribution in [1.29, 1.82) is 0 Å². The molecule has 1 atom stereocenters. The summed E-state index contributed by atoms with van der Waals surface area (Å²) in [7, 11) is 0. The minimum absolute atomic E-state index is 0.306. The van der Waals surface area contributed by atoms with Gasteiger partial charge in [0.2, 0.25) is 5.91 Å². The van der Waals surface area contributed by atoms with Crippen molar-refractivity contribution >= 4 is 17.2 Å². The highest BCUT2D eigenvalue weighted by molar-refractivity contribution is 7.10. The molecule has 0 saturated heterocycles. The van der Waals surface area contributed by atoms with E-state index in [0.717, 1.165) is 4.88 Å². The van der Waals surface area contributed by atoms with E-state index in [4.69, 9.17) is 15.9 Å². The third-order valence-corrected chi connectivity index (χ3v) is 2.87. The number of rotatable bonds is 5. The lowest BCUT2D eigenvalue weighted by molar-refractivity contribution is -0.123. The summed E-state index contributed by atoms with van der Waals surface area (Å²) in [5, 5.41) is 21.8. The van der Waals surface area contributed by atoms with E-state index in [1.54, 1.807) is 6.07 Å². The van der Waals surface area contributed by atoms with Gasteiger partial charge in [0.1, 0.15) is 6.04 Å². The summed E-state index contributed by atoms with van der Waals surface area (Å²) in [5.41, 5.74) is 5.68. The van der Waals surface area contributed by atoms with Crippen LogP contribution in [0, 0.1) is 0 Å². The van der Waals surface area contributed by atoms with Crippen LogP contribution in [0.3, 0.4) is 0 Å². The summed E-state index contributed by atoms with van der Waals surface area (Å²) in [6.07, 6.45) is 0. The molecule has 0 aromatic carbocycles. The number of carbonyl (C=O) groups excluding carboxylic acids is 1. The lowest BCUT2D eigenvalue weighted by Crippen LogP contribution is -2.44. The van der Waals surface area contributed by atoms with Crippen molar-refractivity contribution < 1.29 is 15.0 Å². The average Bonchev–Trinajstić information content (AvgIpc) is 2.77. The van der Waals surface area contributed by atoms with E-state index in [-0.39, 0.29) is 13.2 Å². The van der Waals surface area contributed by atoms with Crippen LogP contribution in [0.1, 0.15) is 10.9 Å². The minimum atomic E-state index is -0.745. The molecule has 0 radical (unpaired) electrons. The molecular formula is C9H14N2O3S. The zero-order valence-corrected chi connectivity index (χ0v) is 8.91. The van der Waals surface area contributed by atoms with Crippen LogP contribution in [0.4, 0.5) is 0 Å². The van der Waals surface area contributed by atoms with E-state index in [1.807, 2.05) is 11.4 Å². The zero-order valence-electron chi connectivity index (χ0n) is 8.09. The molecule has 6 heteroatoms. The van der Waals surface area contributed by atoms with E-state index in [1.165, 1.54) is 11.3 Å². The molecule has 5 nitrogen and oxygen atoms in total. The molecule has 0 saturated carbocycles. The zero-order chi connectivity index (χ0) is 11.3. The van der Waals surface area contributed by atoms with E-state index in [9.17, 15) is 4.79 Å². The van der Waals surface area contributed by atoms with E-state index >= 15 is 0 Å². The van der Waals surface area contributed by atoms with Crippen molar-refractivity contribution in [2.24, 2.45) is 5.73 Å². The Labute approximate surface area is 91.5 Å². The van der Waals surface area contributed by atoms with Gasteiger partial charge in [-0.2, -0.15) is 0 Å². The van der Waals surface area contributed by atoms with Gasteiger partial charge in [-0.05, 0) is 11.4 Å². The van der Waals surface area contributed by atoms with Crippen LogP contribution >= 0.6 is 11.3 Å². The Morgan fingerprint density at radius 2 is 2.20 bits per heavy atom. The molecule has 1 unspecified atom stereocenters. The lowest BCUT2D eigenvalue weighted by Gasteiger charge is -2.16. The standard InChI is InChI=1S/C9H14N2O3S/c10-8(7-2-1-3-15-7)9(14)11-6(4-12)5-13/h1-3,6,8,12-13H,4-5,10H2,(H,11,14). The Hall–Kier alpha value is -0.950. The molecule has 0 aliphatic carbocycles. The molecule has 84 valence electrons. The first-order chi connectivity index (χ1) is 7.19. The van der Waals surface area contributed by atoms with Gasteiger partial charge in [0.05, 0.1) is 19.3 Å². The summed E-state index contributed by atoms with van der Waals surface area (Å²) in [4.78, 5) is 12.3. The fourth-order valence-corrected chi connectivity index (χ4v) is 1.76. The molecule has 1 amide bonds. The van der Waals surface area contributed by atoms with Crippen LogP contribution < -0.4 is 11.1 Å². The molecule has 1 rings (SSSR count). The number of hydrogen-bond acceptors (Lipinski definition) is 5. The summed E-state index contributed by atoms with van der Waals surface area (Å²) in [5.74, 6) is -0.398. The quantitative estimate of drug-likeness (QED) is 0.533. The van der Waals surface area contributed by atoms with Crippen LogP contribution in [0.5, 0.6) is 0 Å². The van der Waals surface area contributed by atoms with E-state index < -0.39 is 18.0 Å². The first kappa shape index (κ1) is 12.1. The molecule has 0 aliphatic rings. The van der Waals surface area contributed by atoms with E-state index in [0.29, 0.717) is 0 Å². The molecular weight excluding hydrogens is 216 g/mol. The van der Waals surface area contributed by atoms with Crippen LogP contribution in [0.25, 0.3) is 0 Å². The van der Waals surface area contributed by atoms with Crippen LogP contribution in [-0.4, -0.2) is 35.4 Å². The topological polar surface area (TPSA) is 95.6 Å². The number of nitrogens with one attached hydrogen (secondary N) is 1. The number of amides is 1. The molecule has 1 aromatic heterocycles. The highest BCUT2D eigenvalue weighted by Gasteiger charge is 2.19. The molecule has 0 spiro atoms. The highest BCUT2D eigenvalue weighted by atomic mass is 32.1. The monoisotopic (exact) mass is 230 g/mol. The van der Waals surface area contributed by atoms with E-state index in [2.05, 4.69) is 5.32 Å². The summed E-state index contributed by atoms with van der Waals surface area (Å²) >= 11 is 1.39. The fraction of sp³-hybridized carbons (Fsp3) is 0.444. The first-order valence-electron chi connectivity index (χ1n) is 4.50. The molecule has 1 heterocycles. The normalized spacial score (nSPS) is 12.8. The number of carbonyl (C=O) groups is 1. The molecule has 5 N–H and O–H groups in total. The second kappa shape index (κ2) is 5.82. The Kier molecular flexibility index (Phi) is 4.70. The number of aliphatic hydroxyl groups excluding tert-OH is 2. The predicted molar refractivity (Wildman–Crippen MR) is 57.3 cm³/mol. The number of hydrogen-bond donors (Lipinski definition) is 4. The van der Waals surface area contributed by atoms with Gasteiger partial charge >= 0.3 is 0 Å². The Bertz CT molecular complexity index is 298. The smallest absolute Gasteiger partial charge is 0.242 e. The number of nitrogens with two attached hydrogens (primary N) is 1. The maximum Gasteiger partial charge on any atom is 0.242 e. The van der Waals surface area contributed by atoms with Crippen molar-refractivity contribution in [3.05, 3.63) is 22.4 Å². The van der Waals surface area contributed by atoms with Crippen molar-refractivity contribution in [3.63, 3.8) is 0 Å². The van der Waals surface area contributed by atoms with Crippen LogP contribution in [0.2, 0.25) is 0 Å². The predicted octanol–water partition coefficient (Wildman–Crippen LogP) is -0.783. The summed E-state index contributed by atoms with van der Waals surface area (Å²) < 4.78 is 0. The van der Waals surface area contributed by atoms with Crippen molar-refractivity contribution in [1.82, 2.24) is 5.32 Å². The van der Waals surface area contributed by atoms with Gasteiger partial charge in [-0.15, -0.1) is 11.3 Å². The molecule has 0 aliphatic heterocycles. The number of aliphatic hydroxyl groups is 2. The highest BCUT2D eigenvalue weighted by Crippen LogP contribution is 2.16. The van der Waals surface area contributed by atoms with Crippen molar-refractivity contribution in [3.8, 4) is 0 Å². The molecule has 1 aromatic rings. The summed E-state index contributed by atoms with van der Waals surface area (Å²) in [6.45, 7) is -0.612. The molecule has 15 heavy (non-hydrogen) atoms. The largest absolute Gasteiger partial charge is 0.394 e. The Balaban J connectivity index is 2.53. The summed E-state index contributed by atoms with van der Waals surface area (Å²) in [6, 6.07) is 2.18. The third kappa shape index (κ3) is 3.28. The molecule has 0 fully saturated rings. The van der Waals surface area contributed by atoms with Gasteiger partial charge < -0.3 is 21.3 Å². The first-order valence-corrected chi connectivity index (χ1v) is 5.38. The van der Waals surface area contributed by atoms with Crippen molar-refractivity contribution in [2.75, 3.05) is 13.2 Å². The second-order valence-electron chi connectivity index (χ2n) is 3.06. The maximum absolute atomic E-state index is 11.5. The van der Waals surface area contributed by atoms with Gasteiger partial charge in [0.15, 0.2) is 0 Å². The minimum Gasteiger partial charge on any atom is -0.394 e. The van der Waals surface area contributed by atoms with Gasteiger partial charge in [-0.1, -0.05) is 6.07 Å². The number of thiophene rings is 1. The Morgan fingerprint density at radius 3 is 2.67 bits per heavy atom. The SMILES string of the molecule is NC(C(=O)NC(CO)CO)c1cccs1. The van der Waals surface area contributed by atoms with Gasteiger partial charge in [0.25, 0.3) is 0 Å². The van der Waals surface area contributed by atoms with Crippen LogP contribution in [-0.2, 0) is 4.79 Å². The van der Waals surface area contributed by atoms with Crippen molar-refractivity contribution in [2.45, 2.75) is 12.1 Å². The average molecular weight is 230 g/mol. The van der Waals surface area contributed by atoms with Gasteiger partial charge in [0, 0.05) is 4.88 Å². The Morgan fingerprint density at radius 1 is 1.53 bits per heavy atom. The third-order valence-electron chi connectivity index (χ3n) is 1.92. The lowest BCUT2D eigenvalue weighted by atomic mass is 10.2. The maximum atomic E-state index is 11.5. The van der Waals surface area contributed by atoms with Gasteiger partial charge in [-0.3, -0.25) is 4.79 Å². The fourth-order valence-electron chi connectivity index (χ4n) is 1.04. The second-order valence-corrected chi connectivity index (χ2v) is 4.04.